The van der Waals surface area contributed by atoms with E-state index in [4.69, 9.17) is 18.9 Å². The van der Waals surface area contributed by atoms with E-state index in [9.17, 15) is 0 Å². The molecule has 170 valence electrons. The summed E-state index contributed by atoms with van der Waals surface area (Å²) in [5.74, 6) is 2.81. The molecule has 0 fully saturated rings. The first-order valence-electron chi connectivity index (χ1n) is 10.2. The lowest BCUT2D eigenvalue weighted by molar-refractivity contribution is 0.324. The molecular weight excluding hydrogens is 422 g/mol. The second kappa shape index (κ2) is 9.47. The van der Waals surface area contributed by atoms with Crippen molar-refractivity contribution in [3.63, 3.8) is 0 Å². The van der Waals surface area contributed by atoms with E-state index in [0.717, 1.165) is 28.4 Å². The van der Waals surface area contributed by atoms with E-state index < -0.39 is 0 Å². The van der Waals surface area contributed by atoms with E-state index in [-0.39, 0.29) is 0 Å². The van der Waals surface area contributed by atoms with Crippen LogP contribution in [0.5, 0.6) is 23.0 Å². The number of rotatable bonds is 8. The molecule has 0 radical (unpaired) electrons. The Balaban J connectivity index is 1.63. The lowest BCUT2D eigenvalue weighted by atomic mass is 10.2. The fourth-order valence-corrected chi connectivity index (χ4v) is 3.43. The van der Waals surface area contributed by atoms with Crippen LogP contribution in [0, 0.1) is 6.92 Å². The van der Waals surface area contributed by atoms with E-state index in [0.29, 0.717) is 28.9 Å². The molecule has 0 aliphatic rings. The van der Waals surface area contributed by atoms with Gasteiger partial charge in [-0.1, -0.05) is 0 Å². The normalized spacial score (nSPS) is 10.6. The fraction of sp³-hybridized carbons (Fsp3) is 0.208. The molecule has 0 bridgehead atoms. The second-order valence-electron chi connectivity index (χ2n) is 7.08. The summed E-state index contributed by atoms with van der Waals surface area (Å²) >= 11 is 0. The maximum Gasteiger partial charge on any atom is 0.227 e. The zero-order chi connectivity index (χ0) is 23.4. The largest absolute Gasteiger partial charge is 0.497 e. The van der Waals surface area contributed by atoms with Crippen molar-refractivity contribution in [1.29, 1.82) is 0 Å². The number of benzene rings is 2. The predicted molar refractivity (Wildman–Crippen MR) is 125 cm³/mol. The number of nitrogens with zero attached hydrogens (tertiary/aromatic N) is 4. The molecule has 33 heavy (non-hydrogen) atoms. The number of aryl methyl sites for hydroxylation is 1. The fourth-order valence-electron chi connectivity index (χ4n) is 3.43. The Bertz CT molecular complexity index is 1230. The van der Waals surface area contributed by atoms with Gasteiger partial charge >= 0.3 is 0 Å². The van der Waals surface area contributed by atoms with Gasteiger partial charge in [0.1, 0.15) is 5.75 Å². The number of aromatic nitrogens is 4. The Labute approximate surface area is 191 Å². The minimum atomic E-state index is 0.429. The molecule has 2 aromatic carbocycles. The average Bonchev–Trinajstić information content (AvgIpc) is 3.25. The summed E-state index contributed by atoms with van der Waals surface area (Å²) in [6.07, 6.45) is 3.65. The molecule has 2 heterocycles. The molecule has 0 amide bonds. The first kappa shape index (κ1) is 21.9. The predicted octanol–water partition coefficient (Wildman–Crippen LogP) is 4.42. The van der Waals surface area contributed by atoms with Gasteiger partial charge in [-0.15, -0.1) is 0 Å². The lowest BCUT2D eigenvalue weighted by Crippen LogP contribution is -2.01. The van der Waals surface area contributed by atoms with E-state index in [1.807, 2.05) is 48.1 Å². The zero-order valence-electron chi connectivity index (χ0n) is 19.1. The number of anilines is 2. The third-order valence-corrected chi connectivity index (χ3v) is 5.09. The van der Waals surface area contributed by atoms with Gasteiger partial charge in [0.15, 0.2) is 11.5 Å². The molecule has 0 saturated heterocycles. The van der Waals surface area contributed by atoms with Crippen molar-refractivity contribution in [2.45, 2.75) is 6.92 Å². The topological polar surface area (TPSA) is 92.6 Å². The number of methoxy groups -OCH3 is 4. The Hall–Kier alpha value is -4.27. The smallest absolute Gasteiger partial charge is 0.227 e. The third kappa shape index (κ3) is 4.52. The third-order valence-electron chi connectivity index (χ3n) is 5.09. The molecule has 2 aromatic heterocycles. The molecule has 0 spiro atoms. The van der Waals surface area contributed by atoms with Crippen LogP contribution < -0.4 is 24.3 Å². The highest BCUT2D eigenvalue weighted by Crippen LogP contribution is 2.40. The monoisotopic (exact) mass is 447 g/mol. The molecule has 0 aliphatic carbocycles. The molecule has 0 atom stereocenters. The molecule has 4 aromatic rings. The van der Waals surface area contributed by atoms with Gasteiger partial charge in [0.2, 0.25) is 11.7 Å². The Kier molecular flexibility index (Phi) is 6.30. The first-order valence-corrected chi connectivity index (χ1v) is 10.2. The van der Waals surface area contributed by atoms with Crippen molar-refractivity contribution in [3.8, 4) is 39.9 Å². The van der Waals surface area contributed by atoms with Crippen LogP contribution in [-0.2, 0) is 0 Å². The Morgan fingerprint density at radius 1 is 0.848 bits per heavy atom. The van der Waals surface area contributed by atoms with Gasteiger partial charge in [-0.25, -0.2) is 14.6 Å². The summed E-state index contributed by atoms with van der Waals surface area (Å²) in [4.78, 5) is 9.03. The highest BCUT2D eigenvalue weighted by Gasteiger charge is 2.15. The molecule has 1 N–H and O–H groups in total. The Morgan fingerprint density at radius 3 is 2.15 bits per heavy atom. The van der Waals surface area contributed by atoms with Crippen LogP contribution in [0.15, 0.2) is 54.9 Å². The number of hydrogen-bond donors (Lipinski definition) is 1. The van der Waals surface area contributed by atoms with E-state index in [2.05, 4.69) is 20.4 Å². The van der Waals surface area contributed by atoms with E-state index >= 15 is 0 Å². The van der Waals surface area contributed by atoms with Gasteiger partial charge < -0.3 is 24.3 Å². The molecule has 0 unspecified atom stereocenters. The maximum atomic E-state index is 5.42. The van der Waals surface area contributed by atoms with Crippen molar-refractivity contribution in [3.05, 3.63) is 60.6 Å². The van der Waals surface area contributed by atoms with Crippen LogP contribution in [0.25, 0.3) is 16.9 Å². The molecule has 0 saturated carbocycles. The van der Waals surface area contributed by atoms with Gasteiger partial charge in [0.25, 0.3) is 0 Å². The van der Waals surface area contributed by atoms with Crippen molar-refractivity contribution in [2.24, 2.45) is 0 Å². The second-order valence-corrected chi connectivity index (χ2v) is 7.08. The van der Waals surface area contributed by atoms with E-state index in [1.54, 1.807) is 46.8 Å². The number of ether oxygens (including phenoxy) is 4. The van der Waals surface area contributed by atoms with Crippen LogP contribution in [0.3, 0.4) is 0 Å². The SMILES string of the molecule is COc1ccc(-n2cc(-c3ccnc(Nc4cc(OC)c(OC)c(OC)c4)n3)c(C)n2)cc1. The van der Waals surface area contributed by atoms with Crippen molar-refractivity contribution in [1.82, 2.24) is 19.7 Å². The van der Waals surface area contributed by atoms with Crippen LogP contribution in [0.4, 0.5) is 11.6 Å². The molecule has 0 aliphatic heterocycles. The van der Waals surface area contributed by atoms with Gasteiger partial charge in [0.05, 0.1) is 45.5 Å². The minimum Gasteiger partial charge on any atom is -0.497 e. The van der Waals surface area contributed by atoms with Gasteiger partial charge in [-0.05, 0) is 37.3 Å². The highest BCUT2D eigenvalue weighted by molar-refractivity contribution is 5.67. The van der Waals surface area contributed by atoms with Crippen molar-refractivity contribution < 1.29 is 18.9 Å². The summed E-state index contributed by atoms with van der Waals surface area (Å²) in [6.45, 7) is 1.95. The number of nitrogens with one attached hydrogen (secondary N) is 1. The van der Waals surface area contributed by atoms with Crippen LogP contribution >= 0.6 is 0 Å². The summed E-state index contributed by atoms with van der Waals surface area (Å²) in [5, 5.41) is 7.85. The van der Waals surface area contributed by atoms with Crippen LogP contribution in [0.2, 0.25) is 0 Å². The van der Waals surface area contributed by atoms with Gasteiger partial charge in [-0.2, -0.15) is 5.10 Å². The maximum absolute atomic E-state index is 5.42. The Morgan fingerprint density at radius 2 is 1.55 bits per heavy atom. The van der Waals surface area contributed by atoms with E-state index in [1.165, 1.54) is 0 Å². The quantitative estimate of drug-likeness (QED) is 0.424. The van der Waals surface area contributed by atoms with Crippen molar-refractivity contribution >= 4 is 11.6 Å². The number of hydrogen-bond acceptors (Lipinski definition) is 8. The minimum absolute atomic E-state index is 0.429. The lowest BCUT2D eigenvalue weighted by Gasteiger charge is -2.14. The summed E-state index contributed by atoms with van der Waals surface area (Å²) in [7, 11) is 6.35. The average molecular weight is 447 g/mol. The summed E-state index contributed by atoms with van der Waals surface area (Å²) in [6, 6.07) is 13.1. The van der Waals surface area contributed by atoms with Gasteiger partial charge in [-0.3, -0.25) is 0 Å². The molecule has 4 rings (SSSR count). The standard InChI is InChI=1S/C24H25N5O4/c1-15-19(14-29(28-15)17-6-8-18(30-2)9-7-17)20-10-11-25-24(27-20)26-16-12-21(31-3)23(33-5)22(13-16)32-4/h6-14H,1-5H3,(H,25,26,27). The molecule has 9 nitrogen and oxygen atoms in total. The first-order chi connectivity index (χ1) is 16.1. The molecule has 9 heteroatoms. The zero-order valence-corrected chi connectivity index (χ0v) is 19.1. The summed E-state index contributed by atoms with van der Waals surface area (Å²) < 4.78 is 23.3. The van der Waals surface area contributed by atoms with Gasteiger partial charge in [0, 0.05) is 35.8 Å². The van der Waals surface area contributed by atoms with Crippen molar-refractivity contribution in [2.75, 3.05) is 33.8 Å². The van der Waals surface area contributed by atoms with Crippen LogP contribution in [0.1, 0.15) is 5.69 Å². The highest BCUT2D eigenvalue weighted by atomic mass is 16.5. The van der Waals surface area contributed by atoms with Crippen LogP contribution in [-0.4, -0.2) is 48.2 Å². The molecular formula is C24H25N5O4. The summed E-state index contributed by atoms with van der Waals surface area (Å²) in [5.41, 5.74) is 4.13.